The summed E-state index contributed by atoms with van der Waals surface area (Å²) >= 11 is 0. The van der Waals surface area contributed by atoms with Crippen LogP contribution in [0.3, 0.4) is 0 Å². The highest BCUT2D eigenvalue weighted by Gasteiger charge is 2.44. The van der Waals surface area contributed by atoms with Crippen LogP contribution < -0.4 is 16.0 Å². The third kappa shape index (κ3) is 2.41. The van der Waals surface area contributed by atoms with E-state index in [9.17, 15) is 4.39 Å². The number of fused-ring (bicyclic) bond motifs is 2. The Balaban J connectivity index is 1.75. The molecule has 2 fully saturated rings. The topological polar surface area (TPSA) is 56.5 Å². The number of nitrogens with two attached hydrogens (primary N) is 1. The van der Waals surface area contributed by atoms with Crippen molar-refractivity contribution in [3.8, 4) is 5.75 Å². The fourth-order valence-corrected chi connectivity index (χ4v) is 3.54. The van der Waals surface area contributed by atoms with Crippen molar-refractivity contribution in [1.29, 1.82) is 0 Å². The van der Waals surface area contributed by atoms with Gasteiger partial charge in [-0.3, -0.25) is 11.3 Å². The van der Waals surface area contributed by atoms with Crippen molar-refractivity contribution in [2.24, 2.45) is 11.8 Å². The average Bonchev–Trinajstić information content (AvgIpc) is 3.09. The van der Waals surface area contributed by atoms with E-state index in [1.807, 2.05) is 6.07 Å². The van der Waals surface area contributed by atoms with E-state index in [2.05, 4.69) is 5.43 Å². The minimum atomic E-state index is -0.292. The normalized spacial score (nSPS) is 29.6. The minimum absolute atomic E-state index is 0.0342. The summed E-state index contributed by atoms with van der Waals surface area (Å²) < 4.78 is 25.1. The first kappa shape index (κ1) is 13.8. The predicted molar refractivity (Wildman–Crippen MR) is 73.8 cm³/mol. The van der Waals surface area contributed by atoms with E-state index in [1.54, 1.807) is 12.1 Å². The fraction of sp³-hybridized carbons (Fsp3) is 0.600. The lowest BCUT2D eigenvalue weighted by atomic mass is 9.81. The minimum Gasteiger partial charge on any atom is -0.494 e. The van der Waals surface area contributed by atoms with Crippen molar-refractivity contribution in [3.05, 3.63) is 29.6 Å². The summed E-state index contributed by atoms with van der Waals surface area (Å²) in [5.41, 5.74) is 3.49. The van der Waals surface area contributed by atoms with Crippen LogP contribution in [0.4, 0.5) is 4.39 Å². The second-order valence-corrected chi connectivity index (χ2v) is 5.68. The van der Waals surface area contributed by atoms with E-state index in [-0.39, 0.29) is 23.7 Å². The summed E-state index contributed by atoms with van der Waals surface area (Å²) in [7, 11) is 1.48. The molecular weight excluding hydrogens is 259 g/mol. The maximum absolute atomic E-state index is 14.2. The van der Waals surface area contributed by atoms with Crippen molar-refractivity contribution < 1.29 is 13.9 Å². The molecule has 0 amide bonds. The first-order valence-electron chi connectivity index (χ1n) is 7.16. The van der Waals surface area contributed by atoms with Gasteiger partial charge >= 0.3 is 0 Å². The molecule has 110 valence electrons. The molecule has 2 bridgehead atoms. The molecule has 0 saturated carbocycles. The van der Waals surface area contributed by atoms with Gasteiger partial charge in [0.15, 0.2) is 11.6 Å². The number of halogens is 1. The van der Waals surface area contributed by atoms with Crippen LogP contribution in [0.15, 0.2) is 18.2 Å². The maximum Gasteiger partial charge on any atom is 0.168 e. The molecule has 2 aliphatic rings. The first-order chi connectivity index (χ1) is 9.72. The number of ether oxygens (including phenoxy) is 2. The SMILES string of the molecule is COc1cccc(CC(NN)C2CC3CCC2O3)c1F. The van der Waals surface area contributed by atoms with E-state index in [1.165, 1.54) is 7.11 Å². The van der Waals surface area contributed by atoms with Crippen molar-refractivity contribution in [3.63, 3.8) is 0 Å². The van der Waals surface area contributed by atoms with Crippen LogP contribution in [0, 0.1) is 11.7 Å². The van der Waals surface area contributed by atoms with Gasteiger partial charge in [-0.2, -0.15) is 0 Å². The number of benzene rings is 1. The zero-order chi connectivity index (χ0) is 14.1. The lowest BCUT2D eigenvalue weighted by Crippen LogP contribution is -2.45. The summed E-state index contributed by atoms with van der Waals surface area (Å²) in [6, 6.07) is 5.26. The Morgan fingerprint density at radius 3 is 2.95 bits per heavy atom. The quantitative estimate of drug-likeness (QED) is 0.637. The molecule has 4 unspecified atom stereocenters. The van der Waals surface area contributed by atoms with Crippen LogP contribution in [0.1, 0.15) is 24.8 Å². The molecule has 0 aromatic heterocycles. The molecule has 1 aromatic rings. The Morgan fingerprint density at radius 2 is 2.35 bits per heavy atom. The van der Waals surface area contributed by atoms with E-state index in [0.29, 0.717) is 24.0 Å². The lowest BCUT2D eigenvalue weighted by Gasteiger charge is -2.28. The monoisotopic (exact) mass is 280 g/mol. The molecule has 1 aromatic carbocycles. The highest BCUT2D eigenvalue weighted by Crippen LogP contribution is 2.41. The first-order valence-corrected chi connectivity index (χ1v) is 7.16. The van der Waals surface area contributed by atoms with E-state index >= 15 is 0 Å². The summed E-state index contributed by atoms with van der Waals surface area (Å²) in [4.78, 5) is 0. The van der Waals surface area contributed by atoms with Crippen molar-refractivity contribution in [1.82, 2.24) is 5.43 Å². The summed E-state index contributed by atoms with van der Waals surface area (Å²) in [5, 5.41) is 0. The molecule has 5 heteroatoms. The average molecular weight is 280 g/mol. The number of hydrogen-bond acceptors (Lipinski definition) is 4. The molecule has 2 saturated heterocycles. The molecular formula is C15H21FN2O2. The predicted octanol–water partition coefficient (Wildman–Crippen LogP) is 1.78. The van der Waals surface area contributed by atoms with Gasteiger partial charge in [-0.15, -0.1) is 0 Å². The molecule has 2 heterocycles. The van der Waals surface area contributed by atoms with Gasteiger partial charge in [-0.25, -0.2) is 4.39 Å². The lowest BCUT2D eigenvalue weighted by molar-refractivity contribution is 0.0856. The summed E-state index contributed by atoms with van der Waals surface area (Å²) in [5.74, 6) is 6.05. The molecule has 0 spiro atoms. The number of nitrogens with one attached hydrogen (secondary N) is 1. The molecule has 4 nitrogen and oxygen atoms in total. The standard InChI is InChI=1S/C15H21FN2O2/c1-19-14-4-2-3-9(15(14)16)7-12(18-17)11-8-10-5-6-13(11)20-10/h2-4,10-13,18H,5-8,17H2,1H3. The van der Waals surface area contributed by atoms with Crippen LogP contribution in [0.2, 0.25) is 0 Å². The molecule has 20 heavy (non-hydrogen) atoms. The van der Waals surface area contributed by atoms with Gasteiger partial charge in [-0.1, -0.05) is 12.1 Å². The van der Waals surface area contributed by atoms with Crippen molar-refractivity contribution >= 4 is 0 Å². The smallest absolute Gasteiger partial charge is 0.168 e. The maximum atomic E-state index is 14.2. The Hall–Kier alpha value is -1.17. The zero-order valence-electron chi connectivity index (χ0n) is 11.6. The van der Waals surface area contributed by atoms with Gasteiger partial charge in [0.2, 0.25) is 0 Å². The third-order valence-electron chi connectivity index (χ3n) is 4.59. The number of hydrogen-bond donors (Lipinski definition) is 2. The van der Waals surface area contributed by atoms with E-state index < -0.39 is 0 Å². The molecule has 2 aliphatic heterocycles. The van der Waals surface area contributed by atoms with Gasteiger partial charge in [0.25, 0.3) is 0 Å². The molecule has 0 radical (unpaired) electrons. The summed E-state index contributed by atoms with van der Waals surface area (Å²) in [6.45, 7) is 0. The van der Waals surface area contributed by atoms with Crippen molar-refractivity contribution in [2.45, 2.75) is 43.9 Å². The van der Waals surface area contributed by atoms with Crippen LogP contribution in [-0.2, 0) is 11.2 Å². The molecule has 0 aliphatic carbocycles. The van der Waals surface area contributed by atoms with Crippen LogP contribution in [0.25, 0.3) is 0 Å². The largest absolute Gasteiger partial charge is 0.494 e. The van der Waals surface area contributed by atoms with Gasteiger partial charge in [0.1, 0.15) is 0 Å². The highest BCUT2D eigenvalue weighted by molar-refractivity contribution is 5.31. The molecule has 3 N–H and O–H groups in total. The van der Waals surface area contributed by atoms with Gasteiger partial charge in [0.05, 0.1) is 19.3 Å². The Bertz CT molecular complexity index is 483. The van der Waals surface area contributed by atoms with Crippen LogP contribution in [-0.4, -0.2) is 25.4 Å². The van der Waals surface area contributed by atoms with Crippen molar-refractivity contribution in [2.75, 3.05) is 7.11 Å². The van der Waals surface area contributed by atoms with Gasteiger partial charge in [0, 0.05) is 12.0 Å². The number of hydrazine groups is 1. The van der Waals surface area contributed by atoms with Crippen LogP contribution in [0.5, 0.6) is 5.75 Å². The second-order valence-electron chi connectivity index (χ2n) is 5.68. The zero-order valence-corrected chi connectivity index (χ0v) is 11.6. The Labute approximate surface area is 118 Å². The van der Waals surface area contributed by atoms with E-state index in [0.717, 1.165) is 19.3 Å². The third-order valence-corrected chi connectivity index (χ3v) is 4.59. The summed E-state index contributed by atoms with van der Waals surface area (Å²) in [6.07, 6.45) is 4.45. The van der Waals surface area contributed by atoms with Gasteiger partial charge in [-0.05, 0) is 37.3 Å². The van der Waals surface area contributed by atoms with Gasteiger partial charge < -0.3 is 9.47 Å². The number of rotatable bonds is 5. The van der Waals surface area contributed by atoms with E-state index in [4.69, 9.17) is 15.3 Å². The highest BCUT2D eigenvalue weighted by atomic mass is 19.1. The molecule has 4 atom stereocenters. The van der Waals surface area contributed by atoms with Crippen LogP contribution >= 0.6 is 0 Å². The number of methoxy groups -OCH3 is 1. The second kappa shape index (κ2) is 5.68. The molecule has 3 rings (SSSR count). The Kier molecular flexibility index (Phi) is 3.92. The Morgan fingerprint density at radius 1 is 1.50 bits per heavy atom. The fourth-order valence-electron chi connectivity index (χ4n) is 3.54.